The first kappa shape index (κ1) is 19.0. The first-order chi connectivity index (χ1) is 13.9. The number of carbonyl (C=O) groups is 1. The summed E-state index contributed by atoms with van der Waals surface area (Å²) in [5.74, 6) is 0.731. The summed E-state index contributed by atoms with van der Waals surface area (Å²) in [5.41, 5.74) is 0.565. The zero-order valence-electron chi connectivity index (χ0n) is 15.2. The highest BCUT2D eigenvalue weighted by molar-refractivity contribution is 8.18. The number of nitro groups is 1. The molecule has 29 heavy (non-hydrogen) atoms. The van der Waals surface area contributed by atoms with E-state index in [0.29, 0.717) is 32.3 Å². The van der Waals surface area contributed by atoms with Gasteiger partial charge in [0.25, 0.3) is 11.6 Å². The van der Waals surface area contributed by atoms with Crippen molar-refractivity contribution in [3.05, 3.63) is 62.2 Å². The monoisotopic (exact) mass is 427 g/mol. The predicted molar refractivity (Wildman–Crippen MR) is 111 cm³/mol. The van der Waals surface area contributed by atoms with Crippen molar-refractivity contribution in [3.63, 3.8) is 0 Å². The number of carbonyl (C=O) groups excluding carboxylic acids is 1. The number of nitro benzene ring substituents is 1. The lowest BCUT2D eigenvalue weighted by molar-refractivity contribution is -0.384. The first-order valence-electron chi connectivity index (χ1n) is 8.32. The van der Waals surface area contributed by atoms with Crippen LogP contribution in [-0.4, -0.2) is 38.1 Å². The van der Waals surface area contributed by atoms with Gasteiger partial charge < -0.3 is 4.42 Å². The van der Waals surface area contributed by atoms with Crippen LogP contribution in [0.3, 0.4) is 0 Å². The molecule has 1 fully saturated rings. The summed E-state index contributed by atoms with van der Waals surface area (Å²) in [6.45, 7) is 1.83. The normalized spacial score (nSPS) is 16.9. The summed E-state index contributed by atoms with van der Waals surface area (Å²) in [5, 5.41) is 20.6. The van der Waals surface area contributed by atoms with E-state index in [1.807, 2.05) is 6.92 Å². The van der Waals surface area contributed by atoms with Crippen molar-refractivity contribution in [1.29, 1.82) is 0 Å². The number of amides is 1. The molecule has 0 atom stereocenters. The molecule has 2 aromatic heterocycles. The first-order valence-corrected chi connectivity index (χ1v) is 9.95. The van der Waals surface area contributed by atoms with Gasteiger partial charge in [0.05, 0.1) is 9.83 Å². The summed E-state index contributed by atoms with van der Waals surface area (Å²) in [4.78, 5) is 29.3. The average molecular weight is 427 g/mol. The standard InChI is InChI=1S/C18H13N5O4S2/c1-10-20-21-17(28-10)19-18-22(2)16(24)15(29-18)9-13-6-7-14(27-13)11-4-3-5-12(8-11)23(25)26/h3-9H,1-2H3/b15-9+,19-18+. The van der Waals surface area contributed by atoms with E-state index in [0.717, 1.165) is 5.01 Å². The Balaban J connectivity index is 1.59. The number of non-ortho nitro benzene ring substituents is 1. The molecule has 146 valence electrons. The molecular formula is C18H13N5O4S2. The quantitative estimate of drug-likeness (QED) is 0.347. The van der Waals surface area contributed by atoms with Crippen LogP contribution < -0.4 is 0 Å². The summed E-state index contributed by atoms with van der Waals surface area (Å²) < 4.78 is 5.76. The lowest BCUT2D eigenvalue weighted by atomic mass is 10.1. The van der Waals surface area contributed by atoms with Crippen molar-refractivity contribution in [1.82, 2.24) is 15.1 Å². The highest BCUT2D eigenvalue weighted by Crippen LogP contribution is 2.34. The molecule has 1 aliphatic rings. The van der Waals surface area contributed by atoms with Gasteiger partial charge in [0.1, 0.15) is 16.5 Å². The van der Waals surface area contributed by atoms with Crippen molar-refractivity contribution in [3.8, 4) is 11.3 Å². The minimum absolute atomic E-state index is 0.0188. The molecule has 0 radical (unpaired) electrons. The number of thioether (sulfide) groups is 1. The van der Waals surface area contributed by atoms with Crippen molar-refractivity contribution >= 4 is 51.1 Å². The van der Waals surface area contributed by atoms with Crippen molar-refractivity contribution in [2.45, 2.75) is 6.92 Å². The Kier molecular flexibility index (Phi) is 4.99. The van der Waals surface area contributed by atoms with Gasteiger partial charge in [-0.25, -0.2) is 0 Å². The second-order valence-electron chi connectivity index (χ2n) is 5.98. The van der Waals surface area contributed by atoms with Gasteiger partial charge >= 0.3 is 0 Å². The van der Waals surface area contributed by atoms with Crippen LogP contribution in [0.5, 0.6) is 0 Å². The van der Waals surface area contributed by atoms with Gasteiger partial charge in [-0.15, -0.1) is 10.2 Å². The number of aromatic nitrogens is 2. The topological polar surface area (TPSA) is 115 Å². The average Bonchev–Trinajstić information content (AvgIpc) is 3.40. The van der Waals surface area contributed by atoms with Crippen LogP contribution in [0.2, 0.25) is 0 Å². The number of aliphatic imine (C=N–C) groups is 1. The second kappa shape index (κ2) is 7.60. The van der Waals surface area contributed by atoms with Crippen LogP contribution in [0.25, 0.3) is 17.4 Å². The van der Waals surface area contributed by atoms with E-state index < -0.39 is 4.92 Å². The van der Waals surface area contributed by atoms with E-state index in [1.165, 1.54) is 40.1 Å². The third-order valence-corrected chi connectivity index (χ3v) is 5.74. The summed E-state index contributed by atoms with van der Waals surface area (Å²) in [6.07, 6.45) is 1.62. The van der Waals surface area contributed by atoms with E-state index in [1.54, 1.807) is 37.4 Å². The molecule has 1 aliphatic heterocycles. The highest BCUT2D eigenvalue weighted by Gasteiger charge is 2.31. The third kappa shape index (κ3) is 3.96. The highest BCUT2D eigenvalue weighted by atomic mass is 32.2. The van der Waals surface area contributed by atoms with E-state index >= 15 is 0 Å². The molecule has 1 saturated heterocycles. The summed E-state index contributed by atoms with van der Waals surface area (Å²) in [6, 6.07) is 9.59. The maximum absolute atomic E-state index is 12.5. The number of furan rings is 1. The van der Waals surface area contributed by atoms with Gasteiger partial charge in [0, 0.05) is 30.8 Å². The largest absolute Gasteiger partial charge is 0.457 e. The van der Waals surface area contributed by atoms with Crippen LogP contribution in [0.15, 0.2) is 50.7 Å². The molecule has 3 aromatic rings. The van der Waals surface area contributed by atoms with Gasteiger partial charge in [-0.1, -0.05) is 23.5 Å². The molecule has 0 N–H and O–H groups in total. The Hall–Kier alpha value is -3.31. The Labute approximate surface area is 172 Å². The van der Waals surface area contributed by atoms with Crippen LogP contribution in [0.1, 0.15) is 10.8 Å². The lowest BCUT2D eigenvalue weighted by Crippen LogP contribution is -2.23. The van der Waals surface area contributed by atoms with Crippen molar-refractivity contribution < 1.29 is 14.1 Å². The Morgan fingerprint density at radius 3 is 2.83 bits per heavy atom. The number of amidine groups is 1. The summed E-state index contributed by atoms with van der Waals surface area (Å²) in [7, 11) is 1.64. The third-order valence-electron chi connectivity index (χ3n) is 3.95. The van der Waals surface area contributed by atoms with Gasteiger partial charge in [-0.2, -0.15) is 4.99 Å². The molecule has 1 amide bonds. The number of hydrogen-bond donors (Lipinski definition) is 0. The van der Waals surface area contributed by atoms with E-state index in [4.69, 9.17) is 4.42 Å². The molecule has 0 aliphatic carbocycles. The van der Waals surface area contributed by atoms with Crippen molar-refractivity contribution in [2.24, 2.45) is 4.99 Å². The fraction of sp³-hybridized carbons (Fsp3) is 0.111. The van der Waals surface area contributed by atoms with Crippen LogP contribution in [0.4, 0.5) is 10.8 Å². The Bertz CT molecular complexity index is 1180. The predicted octanol–water partition coefficient (Wildman–Crippen LogP) is 4.25. The lowest BCUT2D eigenvalue weighted by Gasteiger charge is -2.05. The number of benzene rings is 1. The SMILES string of the molecule is Cc1nnc(/N=C2/S/C(=C/c3ccc(-c4cccc([N+](=O)[O-])c4)o3)C(=O)N2C)s1. The number of likely N-dealkylation sites (N-methyl/N-ethyl adjacent to an activating group) is 1. The Morgan fingerprint density at radius 2 is 2.10 bits per heavy atom. The fourth-order valence-electron chi connectivity index (χ4n) is 2.55. The zero-order valence-corrected chi connectivity index (χ0v) is 16.9. The zero-order chi connectivity index (χ0) is 20.5. The van der Waals surface area contributed by atoms with E-state index in [-0.39, 0.29) is 11.6 Å². The molecule has 4 rings (SSSR count). The van der Waals surface area contributed by atoms with Crippen LogP contribution >= 0.6 is 23.1 Å². The fourth-order valence-corrected chi connectivity index (χ4v) is 4.12. The number of nitrogens with zero attached hydrogens (tertiary/aromatic N) is 5. The maximum atomic E-state index is 12.5. The molecule has 0 bridgehead atoms. The molecule has 1 aromatic carbocycles. The molecule has 11 heteroatoms. The van der Waals surface area contributed by atoms with E-state index in [2.05, 4.69) is 15.2 Å². The Morgan fingerprint density at radius 1 is 1.28 bits per heavy atom. The molecule has 0 saturated carbocycles. The number of rotatable bonds is 4. The van der Waals surface area contributed by atoms with E-state index in [9.17, 15) is 14.9 Å². The smallest absolute Gasteiger partial charge is 0.270 e. The van der Waals surface area contributed by atoms with Gasteiger partial charge in [-0.05, 0) is 30.8 Å². The van der Waals surface area contributed by atoms with Crippen LogP contribution in [0, 0.1) is 17.0 Å². The number of aryl methyl sites for hydroxylation is 1. The maximum Gasteiger partial charge on any atom is 0.270 e. The molecule has 0 unspecified atom stereocenters. The van der Waals surface area contributed by atoms with Gasteiger partial charge in [0.15, 0.2) is 5.17 Å². The minimum atomic E-state index is -0.459. The molecule has 9 nitrogen and oxygen atoms in total. The number of hydrogen-bond acceptors (Lipinski definition) is 9. The van der Waals surface area contributed by atoms with Gasteiger partial charge in [-0.3, -0.25) is 19.8 Å². The van der Waals surface area contributed by atoms with Crippen molar-refractivity contribution in [2.75, 3.05) is 7.05 Å². The summed E-state index contributed by atoms with van der Waals surface area (Å²) >= 11 is 2.55. The minimum Gasteiger partial charge on any atom is -0.457 e. The molecule has 3 heterocycles. The second-order valence-corrected chi connectivity index (χ2v) is 8.15. The van der Waals surface area contributed by atoms with Gasteiger partial charge in [0.2, 0.25) is 5.13 Å². The molecular weight excluding hydrogens is 414 g/mol. The van der Waals surface area contributed by atoms with Crippen LogP contribution in [-0.2, 0) is 4.79 Å². The molecule has 0 spiro atoms.